The van der Waals surface area contributed by atoms with Crippen molar-refractivity contribution in [2.45, 2.75) is 26.2 Å². The van der Waals surface area contributed by atoms with E-state index in [0.29, 0.717) is 23.6 Å². The van der Waals surface area contributed by atoms with Crippen LogP contribution in [-0.4, -0.2) is 35.7 Å². The van der Waals surface area contributed by atoms with Crippen LogP contribution in [0.4, 0.5) is 0 Å². The standard InChI is InChI=1S/C20H22N2O4/c1-13(2)14(17-8-5-11-26-17)9-10-21-18(23)12-22-19(24)15-6-3-4-7-16(15)20(22)25/h3-8,11,13-14H,9-10,12H2,1-2H3,(H,21,23). The Labute approximate surface area is 152 Å². The molecule has 0 bridgehead atoms. The molecule has 3 rings (SSSR count). The van der Waals surface area contributed by atoms with Crippen molar-refractivity contribution in [1.29, 1.82) is 0 Å². The van der Waals surface area contributed by atoms with E-state index >= 15 is 0 Å². The monoisotopic (exact) mass is 354 g/mol. The van der Waals surface area contributed by atoms with Gasteiger partial charge in [-0.1, -0.05) is 26.0 Å². The number of fused-ring (bicyclic) bond motifs is 1. The highest BCUT2D eigenvalue weighted by atomic mass is 16.3. The molecule has 0 radical (unpaired) electrons. The first kappa shape index (κ1) is 17.9. The first-order chi connectivity index (χ1) is 12.5. The number of hydrogen-bond donors (Lipinski definition) is 1. The molecule has 26 heavy (non-hydrogen) atoms. The Morgan fingerprint density at radius 3 is 2.27 bits per heavy atom. The molecule has 6 nitrogen and oxygen atoms in total. The van der Waals surface area contributed by atoms with Crippen LogP contribution in [0.5, 0.6) is 0 Å². The number of carbonyl (C=O) groups excluding carboxylic acids is 3. The molecule has 1 aromatic carbocycles. The molecule has 1 N–H and O–H groups in total. The number of carbonyl (C=O) groups is 3. The lowest BCUT2D eigenvalue weighted by Gasteiger charge is -2.19. The summed E-state index contributed by atoms with van der Waals surface area (Å²) in [5.41, 5.74) is 0.700. The number of hydrogen-bond acceptors (Lipinski definition) is 4. The quantitative estimate of drug-likeness (QED) is 0.776. The molecule has 0 saturated heterocycles. The van der Waals surface area contributed by atoms with E-state index in [-0.39, 0.29) is 18.4 Å². The van der Waals surface area contributed by atoms with Gasteiger partial charge in [0.05, 0.1) is 17.4 Å². The van der Waals surface area contributed by atoms with E-state index in [2.05, 4.69) is 19.2 Å². The van der Waals surface area contributed by atoms with Gasteiger partial charge in [-0.15, -0.1) is 0 Å². The normalized spacial score (nSPS) is 14.7. The molecule has 136 valence electrons. The second-order valence-corrected chi connectivity index (χ2v) is 6.75. The van der Waals surface area contributed by atoms with Gasteiger partial charge in [-0.3, -0.25) is 19.3 Å². The molecule has 6 heteroatoms. The van der Waals surface area contributed by atoms with Crippen LogP contribution in [0, 0.1) is 5.92 Å². The first-order valence-electron chi connectivity index (χ1n) is 8.74. The van der Waals surface area contributed by atoms with Gasteiger partial charge in [0.15, 0.2) is 0 Å². The number of rotatable bonds is 7. The molecule has 2 heterocycles. The molecule has 1 unspecified atom stereocenters. The third-order valence-corrected chi connectivity index (χ3v) is 4.67. The summed E-state index contributed by atoms with van der Waals surface area (Å²) in [6, 6.07) is 10.4. The zero-order valence-corrected chi connectivity index (χ0v) is 14.9. The summed E-state index contributed by atoms with van der Waals surface area (Å²) in [5, 5.41) is 2.80. The van der Waals surface area contributed by atoms with Crippen molar-refractivity contribution < 1.29 is 18.8 Å². The molecule has 0 fully saturated rings. The van der Waals surface area contributed by atoms with Crippen molar-refractivity contribution in [1.82, 2.24) is 10.2 Å². The second kappa shape index (κ2) is 7.56. The molecule has 1 aromatic heterocycles. The highest BCUT2D eigenvalue weighted by molar-refractivity contribution is 6.22. The van der Waals surface area contributed by atoms with Gasteiger partial charge < -0.3 is 9.73 Å². The predicted molar refractivity (Wildman–Crippen MR) is 95.7 cm³/mol. The van der Waals surface area contributed by atoms with Gasteiger partial charge in [0.2, 0.25) is 5.91 Å². The maximum Gasteiger partial charge on any atom is 0.262 e. The van der Waals surface area contributed by atoms with Gasteiger partial charge in [-0.25, -0.2) is 0 Å². The Bertz CT molecular complexity index is 776. The fourth-order valence-electron chi connectivity index (χ4n) is 3.26. The summed E-state index contributed by atoms with van der Waals surface area (Å²) in [6.07, 6.45) is 2.37. The summed E-state index contributed by atoms with van der Waals surface area (Å²) in [6.45, 7) is 4.40. The highest BCUT2D eigenvalue weighted by Crippen LogP contribution is 2.27. The van der Waals surface area contributed by atoms with E-state index in [4.69, 9.17) is 4.42 Å². The Kier molecular flexibility index (Phi) is 5.21. The summed E-state index contributed by atoms with van der Waals surface area (Å²) >= 11 is 0. The molecule has 2 aromatic rings. The van der Waals surface area contributed by atoms with Crippen LogP contribution in [0.25, 0.3) is 0 Å². The minimum Gasteiger partial charge on any atom is -0.469 e. The van der Waals surface area contributed by atoms with Crippen LogP contribution < -0.4 is 5.32 Å². The molecule has 3 amide bonds. The Balaban J connectivity index is 1.54. The fourth-order valence-corrected chi connectivity index (χ4v) is 3.26. The number of nitrogens with zero attached hydrogens (tertiary/aromatic N) is 1. The lowest BCUT2D eigenvalue weighted by Crippen LogP contribution is -2.40. The third kappa shape index (κ3) is 3.54. The zero-order valence-electron chi connectivity index (χ0n) is 14.9. The van der Waals surface area contributed by atoms with Gasteiger partial charge in [0, 0.05) is 12.5 Å². The number of furan rings is 1. The van der Waals surface area contributed by atoms with Crippen LogP contribution in [0.1, 0.15) is 52.7 Å². The minimum atomic E-state index is -0.420. The maximum atomic E-state index is 12.3. The average molecular weight is 354 g/mol. The van der Waals surface area contributed by atoms with Crippen molar-refractivity contribution in [2.75, 3.05) is 13.1 Å². The molecule has 0 aliphatic carbocycles. The zero-order chi connectivity index (χ0) is 18.7. The summed E-state index contributed by atoms with van der Waals surface area (Å²) in [7, 11) is 0. The largest absolute Gasteiger partial charge is 0.469 e. The SMILES string of the molecule is CC(C)C(CCNC(=O)CN1C(=O)c2ccccc2C1=O)c1ccco1. The van der Waals surface area contributed by atoms with Crippen LogP contribution in [0.2, 0.25) is 0 Å². The van der Waals surface area contributed by atoms with E-state index in [1.165, 1.54) is 0 Å². The summed E-state index contributed by atoms with van der Waals surface area (Å²) < 4.78 is 5.48. The lowest BCUT2D eigenvalue weighted by molar-refractivity contribution is -0.121. The van der Waals surface area contributed by atoms with Gasteiger partial charge in [-0.2, -0.15) is 0 Å². The molecular formula is C20H22N2O4. The van der Waals surface area contributed by atoms with Crippen LogP contribution >= 0.6 is 0 Å². The van der Waals surface area contributed by atoms with Crippen molar-refractivity contribution in [3.8, 4) is 0 Å². The molecular weight excluding hydrogens is 332 g/mol. The number of amides is 3. The number of nitrogens with one attached hydrogen (secondary N) is 1. The van der Waals surface area contributed by atoms with Crippen LogP contribution in [0.15, 0.2) is 47.1 Å². The Hall–Kier alpha value is -2.89. The van der Waals surface area contributed by atoms with E-state index in [9.17, 15) is 14.4 Å². The van der Waals surface area contributed by atoms with Crippen molar-refractivity contribution in [3.05, 3.63) is 59.5 Å². The fraction of sp³-hybridized carbons (Fsp3) is 0.350. The molecule has 0 spiro atoms. The second-order valence-electron chi connectivity index (χ2n) is 6.75. The van der Waals surface area contributed by atoms with E-state index in [1.807, 2.05) is 12.1 Å². The molecule has 1 aliphatic heterocycles. The smallest absolute Gasteiger partial charge is 0.262 e. The average Bonchev–Trinajstić information content (AvgIpc) is 3.22. The van der Waals surface area contributed by atoms with E-state index < -0.39 is 11.8 Å². The van der Waals surface area contributed by atoms with Gasteiger partial charge >= 0.3 is 0 Å². The maximum absolute atomic E-state index is 12.3. The molecule has 1 atom stereocenters. The number of benzene rings is 1. The lowest BCUT2D eigenvalue weighted by atomic mass is 9.90. The molecule has 0 saturated carbocycles. The van der Waals surface area contributed by atoms with E-state index in [1.54, 1.807) is 30.5 Å². The van der Waals surface area contributed by atoms with E-state index in [0.717, 1.165) is 17.1 Å². The minimum absolute atomic E-state index is 0.199. The Morgan fingerprint density at radius 2 is 1.73 bits per heavy atom. The van der Waals surface area contributed by atoms with Crippen LogP contribution in [0.3, 0.4) is 0 Å². The molecule has 1 aliphatic rings. The topological polar surface area (TPSA) is 79.6 Å². The van der Waals surface area contributed by atoms with Crippen molar-refractivity contribution >= 4 is 17.7 Å². The van der Waals surface area contributed by atoms with Gasteiger partial charge in [0.25, 0.3) is 11.8 Å². The summed E-state index contributed by atoms with van der Waals surface area (Å²) in [4.78, 5) is 37.8. The Morgan fingerprint density at radius 1 is 1.08 bits per heavy atom. The van der Waals surface area contributed by atoms with Gasteiger partial charge in [-0.05, 0) is 36.6 Å². The van der Waals surface area contributed by atoms with Gasteiger partial charge in [0.1, 0.15) is 12.3 Å². The van der Waals surface area contributed by atoms with Crippen molar-refractivity contribution in [3.63, 3.8) is 0 Å². The van der Waals surface area contributed by atoms with Crippen LogP contribution in [-0.2, 0) is 4.79 Å². The third-order valence-electron chi connectivity index (χ3n) is 4.67. The predicted octanol–water partition coefficient (Wildman–Crippen LogP) is 2.82. The highest BCUT2D eigenvalue weighted by Gasteiger charge is 2.36. The van der Waals surface area contributed by atoms with Crippen molar-refractivity contribution in [2.24, 2.45) is 5.92 Å². The summed E-state index contributed by atoms with van der Waals surface area (Å²) in [5.74, 6) is 0.280. The first-order valence-corrected chi connectivity index (χ1v) is 8.74. The number of imide groups is 1.